The van der Waals surface area contributed by atoms with Gasteiger partial charge in [0.25, 0.3) is 0 Å². The van der Waals surface area contributed by atoms with E-state index in [1.54, 1.807) is 0 Å². The van der Waals surface area contributed by atoms with Crippen molar-refractivity contribution in [3.8, 4) is 0 Å². The molecule has 0 amide bonds. The summed E-state index contributed by atoms with van der Waals surface area (Å²) in [6.45, 7) is 7.56. The molecule has 2 nitrogen and oxygen atoms in total. The molecule has 0 radical (unpaired) electrons. The van der Waals surface area contributed by atoms with Gasteiger partial charge in [-0.25, -0.2) is 0 Å². The molecule has 0 aromatic heterocycles. The van der Waals surface area contributed by atoms with Gasteiger partial charge >= 0.3 is 0 Å². The summed E-state index contributed by atoms with van der Waals surface area (Å²) in [5, 5.41) is 6.95. The van der Waals surface area contributed by atoms with Crippen LogP contribution < -0.4 is 10.6 Å². The predicted molar refractivity (Wildman–Crippen MR) is 68.2 cm³/mol. The molecule has 1 unspecified atom stereocenters. The molecule has 88 valence electrons. The topological polar surface area (TPSA) is 24.1 Å². The van der Waals surface area contributed by atoms with Crippen molar-refractivity contribution in [1.29, 1.82) is 0 Å². The Hall–Kier alpha value is -0.860. The Kier molecular flexibility index (Phi) is 3.97. The Labute approximate surface area is 98.4 Å². The van der Waals surface area contributed by atoms with Crippen LogP contribution in [0.4, 0.5) is 0 Å². The van der Waals surface area contributed by atoms with Gasteiger partial charge in [-0.05, 0) is 30.0 Å². The van der Waals surface area contributed by atoms with Crippen LogP contribution in [0.2, 0.25) is 0 Å². The van der Waals surface area contributed by atoms with Crippen LogP contribution in [-0.4, -0.2) is 6.04 Å². The summed E-state index contributed by atoms with van der Waals surface area (Å²) in [5.74, 6) is 0. The van der Waals surface area contributed by atoms with E-state index in [0.29, 0.717) is 6.04 Å². The van der Waals surface area contributed by atoms with Crippen molar-refractivity contribution in [2.75, 3.05) is 0 Å². The first-order valence-corrected chi connectivity index (χ1v) is 6.34. The lowest BCUT2D eigenvalue weighted by Crippen LogP contribution is -2.25. The van der Waals surface area contributed by atoms with Crippen LogP contribution in [0.15, 0.2) is 18.2 Å². The molecular weight excluding hydrogens is 196 g/mol. The minimum absolute atomic E-state index is 0.622. The average molecular weight is 218 g/mol. The minimum atomic E-state index is 0.622. The Morgan fingerprint density at radius 3 is 2.94 bits per heavy atom. The van der Waals surface area contributed by atoms with Gasteiger partial charge in [-0.2, -0.15) is 0 Å². The van der Waals surface area contributed by atoms with Crippen molar-refractivity contribution < 1.29 is 0 Å². The summed E-state index contributed by atoms with van der Waals surface area (Å²) >= 11 is 0. The molecule has 1 heterocycles. The third-order valence-electron chi connectivity index (χ3n) is 3.28. The van der Waals surface area contributed by atoms with Crippen molar-refractivity contribution in [2.45, 2.75) is 52.4 Å². The Morgan fingerprint density at radius 1 is 1.31 bits per heavy atom. The van der Waals surface area contributed by atoms with E-state index in [-0.39, 0.29) is 0 Å². The molecule has 0 saturated carbocycles. The molecule has 0 spiro atoms. The third kappa shape index (κ3) is 2.83. The van der Waals surface area contributed by atoms with Crippen molar-refractivity contribution >= 4 is 0 Å². The zero-order valence-electron chi connectivity index (χ0n) is 10.3. The summed E-state index contributed by atoms with van der Waals surface area (Å²) < 4.78 is 0. The van der Waals surface area contributed by atoms with Crippen LogP contribution in [0.1, 0.15) is 43.4 Å². The van der Waals surface area contributed by atoms with E-state index in [0.717, 1.165) is 19.6 Å². The largest absolute Gasteiger partial charge is 0.310 e. The number of benzene rings is 1. The maximum absolute atomic E-state index is 3.57. The number of hydrogen-bond donors (Lipinski definition) is 2. The first-order valence-electron chi connectivity index (χ1n) is 6.34. The van der Waals surface area contributed by atoms with Gasteiger partial charge in [0, 0.05) is 25.7 Å². The smallest absolute Gasteiger partial charge is 0.0212 e. The highest BCUT2D eigenvalue weighted by Crippen LogP contribution is 2.17. The molecule has 2 heteroatoms. The molecule has 2 rings (SSSR count). The van der Waals surface area contributed by atoms with Crippen LogP contribution in [0, 0.1) is 0 Å². The summed E-state index contributed by atoms with van der Waals surface area (Å²) in [6.07, 6.45) is 2.51. The molecule has 2 N–H and O–H groups in total. The lowest BCUT2D eigenvalue weighted by Gasteiger charge is -2.13. The van der Waals surface area contributed by atoms with Gasteiger partial charge in [0.15, 0.2) is 0 Å². The predicted octanol–water partition coefficient (Wildman–Crippen LogP) is 2.57. The molecule has 16 heavy (non-hydrogen) atoms. The fraction of sp³-hybridized carbons (Fsp3) is 0.571. The molecule has 1 aromatic rings. The highest BCUT2D eigenvalue weighted by atomic mass is 14.9. The summed E-state index contributed by atoms with van der Waals surface area (Å²) in [7, 11) is 0. The monoisotopic (exact) mass is 218 g/mol. The molecular formula is C14H22N2. The molecule has 1 aliphatic heterocycles. The minimum Gasteiger partial charge on any atom is -0.310 e. The van der Waals surface area contributed by atoms with Crippen molar-refractivity contribution in [3.05, 3.63) is 34.9 Å². The first-order chi connectivity index (χ1) is 7.79. The molecule has 1 atom stereocenters. The Bertz CT molecular complexity index is 347. The second kappa shape index (κ2) is 5.46. The van der Waals surface area contributed by atoms with Crippen molar-refractivity contribution in [2.24, 2.45) is 0 Å². The number of fused-ring (bicyclic) bond motifs is 1. The molecule has 0 fully saturated rings. The van der Waals surface area contributed by atoms with E-state index < -0.39 is 0 Å². The van der Waals surface area contributed by atoms with Gasteiger partial charge in [-0.1, -0.05) is 31.5 Å². The Balaban J connectivity index is 1.90. The highest BCUT2D eigenvalue weighted by Gasteiger charge is 2.10. The van der Waals surface area contributed by atoms with Gasteiger partial charge in [-0.15, -0.1) is 0 Å². The third-order valence-corrected chi connectivity index (χ3v) is 3.28. The fourth-order valence-corrected chi connectivity index (χ4v) is 2.29. The van der Waals surface area contributed by atoms with Crippen LogP contribution in [-0.2, 0) is 19.6 Å². The van der Waals surface area contributed by atoms with Crippen molar-refractivity contribution in [3.63, 3.8) is 0 Å². The normalized spacial score (nSPS) is 16.1. The van der Waals surface area contributed by atoms with Gasteiger partial charge in [0.2, 0.25) is 0 Å². The summed E-state index contributed by atoms with van der Waals surface area (Å²) in [5.41, 5.74) is 4.35. The zero-order valence-corrected chi connectivity index (χ0v) is 10.3. The second-order valence-electron chi connectivity index (χ2n) is 4.78. The van der Waals surface area contributed by atoms with Gasteiger partial charge in [0.1, 0.15) is 0 Å². The van der Waals surface area contributed by atoms with Gasteiger partial charge in [0.05, 0.1) is 0 Å². The number of rotatable bonds is 5. The van der Waals surface area contributed by atoms with E-state index in [1.165, 1.54) is 29.5 Å². The highest BCUT2D eigenvalue weighted by molar-refractivity contribution is 5.34. The van der Waals surface area contributed by atoms with E-state index >= 15 is 0 Å². The molecule has 0 saturated heterocycles. The zero-order chi connectivity index (χ0) is 11.4. The average Bonchev–Trinajstić information content (AvgIpc) is 2.74. The van der Waals surface area contributed by atoms with Crippen LogP contribution >= 0.6 is 0 Å². The summed E-state index contributed by atoms with van der Waals surface area (Å²) in [6, 6.07) is 7.46. The van der Waals surface area contributed by atoms with Crippen LogP contribution in [0.5, 0.6) is 0 Å². The van der Waals surface area contributed by atoms with E-state index in [1.807, 2.05) is 0 Å². The number of hydrogen-bond acceptors (Lipinski definition) is 2. The second-order valence-corrected chi connectivity index (χ2v) is 4.78. The maximum atomic E-state index is 3.57. The molecule has 0 bridgehead atoms. The molecule has 1 aliphatic rings. The first kappa shape index (κ1) is 11.6. The van der Waals surface area contributed by atoms with E-state index in [4.69, 9.17) is 0 Å². The van der Waals surface area contributed by atoms with E-state index in [2.05, 4.69) is 42.7 Å². The SMILES string of the molecule is CCCC(C)NCc1ccc2c(c1)CNC2. The number of nitrogens with one attached hydrogen (secondary N) is 2. The van der Waals surface area contributed by atoms with Crippen LogP contribution in [0.25, 0.3) is 0 Å². The van der Waals surface area contributed by atoms with Gasteiger partial charge < -0.3 is 10.6 Å². The standard InChI is InChI=1S/C14H22N2/c1-3-4-11(2)16-8-12-5-6-13-9-15-10-14(13)7-12/h5-7,11,15-16H,3-4,8-10H2,1-2H3. The fourth-order valence-electron chi connectivity index (χ4n) is 2.29. The van der Waals surface area contributed by atoms with Crippen LogP contribution in [0.3, 0.4) is 0 Å². The quantitative estimate of drug-likeness (QED) is 0.793. The van der Waals surface area contributed by atoms with Gasteiger partial charge in [-0.3, -0.25) is 0 Å². The van der Waals surface area contributed by atoms with E-state index in [9.17, 15) is 0 Å². The summed E-state index contributed by atoms with van der Waals surface area (Å²) in [4.78, 5) is 0. The van der Waals surface area contributed by atoms with Crippen molar-refractivity contribution in [1.82, 2.24) is 10.6 Å². The lowest BCUT2D eigenvalue weighted by atomic mass is 10.1. The maximum Gasteiger partial charge on any atom is 0.0212 e. The Morgan fingerprint density at radius 2 is 2.12 bits per heavy atom. The molecule has 0 aliphatic carbocycles. The lowest BCUT2D eigenvalue weighted by molar-refractivity contribution is 0.508. The molecule has 1 aromatic carbocycles.